The topological polar surface area (TPSA) is 159 Å². The van der Waals surface area contributed by atoms with Crippen LogP contribution in [0.4, 0.5) is 5.69 Å². The zero-order valence-electron chi connectivity index (χ0n) is 16.3. The highest BCUT2D eigenvalue weighted by atomic mass is 35.5. The maximum atomic E-state index is 12.8. The van der Waals surface area contributed by atoms with E-state index in [1.165, 1.54) is 30.0 Å². The van der Waals surface area contributed by atoms with E-state index in [1.807, 2.05) is 0 Å². The molecule has 1 aromatic carbocycles. The number of carbonyl (C=O) groups excluding carboxylic acids is 4. The third-order valence-electron chi connectivity index (χ3n) is 4.70. The van der Waals surface area contributed by atoms with Crippen LogP contribution in [0.2, 0.25) is 5.02 Å². The molecule has 11 heteroatoms. The largest absolute Gasteiger partial charge is 0.481 e. The highest BCUT2D eigenvalue weighted by Crippen LogP contribution is 2.21. The predicted molar refractivity (Wildman–Crippen MR) is 108 cm³/mol. The summed E-state index contributed by atoms with van der Waals surface area (Å²) >= 11 is 5.84. The van der Waals surface area contributed by atoms with Crippen LogP contribution in [0, 0.1) is 0 Å². The lowest BCUT2D eigenvalue weighted by molar-refractivity contribution is -0.141. The van der Waals surface area contributed by atoms with E-state index in [2.05, 4.69) is 10.6 Å². The Labute approximate surface area is 177 Å². The molecule has 3 atom stereocenters. The first-order chi connectivity index (χ1) is 14.1. The maximum Gasteiger partial charge on any atom is 0.305 e. The Morgan fingerprint density at radius 2 is 2.03 bits per heavy atom. The summed E-state index contributed by atoms with van der Waals surface area (Å²) in [7, 11) is 0. The number of rotatable bonds is 8. The summed E-state index contributed by atoms with van der Waals surface area (Å²) in [5.41, 5.74) is 6.15. The molecule has 162 valence electrons. The summed E-state index contributed by atoms with van der Waals surface area (Å²) in [5.74, 6) is -2.83. The molecule has 1 aliphatic heterocycles. The number of hydrogen-bond acceptors (Lipinski definition) is 6. The fourth-order valence-corrected chi connectivity index (χ4v) is 3.30. The molecule has 10 nitrogen and oxygen atoms in total. The van der Waals surface area contributed by atoms with E-state index in [-0.39, 0.29) is 11.3 Å². The van der Waals surface area contributed by atoms with Gasteiger partial charge in [-0.25, -0.2) is 0 Å². The second kappa shape index (κ2) is 10.1. The van der Waals surface area contributed by atoms with Crippen molar-refractivity contribution in [3.05, 3.63) is 28.8 Å². The number of halogens is 1. The molecule has 1 aliphatic rings. The van der Waals surface area contributed by atoms with Gasteiger partial charge >= 0.3 is 5.97 Å². The number of nitrogens with two attached hydrogens (primary N) is 1. The molecule has 0 spiro atoms. The molecule has 5 N–H and O–H groups in total. The number of nitrogens with one attached hydrogen (secondary N) is 2. The summed E-state index contributed by atoms with van der Waals surface area (Å²) in [5, 5.41) is 14.0. The van der Waals surface area contributed by atoms with Crippen LogP contribution >= 0.6 is 11.6 Å². The monoisotopic (exact) mass is 438 g/mol. The summed E-state index contributed by atoms with van der Waals surface area (Å²) in [6, 6.07) is 1.38. The van der Waals surface area contributed by atoms with Crippen molar-refractivity contribution in [2.24, 2.45) is 0 Å². The van der Waals surface area contributed by atoms with Crippen molar-refractivity contribution >= 4 is 47.3 Å². The van der Waals surface area contributed by atoms with Gasteiger partial charge in [0, 0.05) is 12.1 Å². The third-order valence-corrected chi connectivity index (χ3v) is 5.05. The number of aldehydes is 1. The van der Waals surface area contributed by atoms with Crippen LogP contribution < -0.4 is 16.4 Å². The van der Waals surface area contributed by atoms with Crippen LogP contribution in [-0.2, 0) is 19.2 Å². The Balaban J connectivity index is 2.02. The quantitative estimate of drug-likeness (QED) is 0.333. The van der Waals surface area contributed by atoms with E-state index in [0.717, 1.165) is 0 Å². The maximum absolute atomic E-state index is 12.8. The van der Waals surface area contributed by atoms with Gasteiger partial charge in [0.25, 0.3) is 5.91 Å². The highest BCUT2D eigenvalue weighted by molar-refractivity contribution is 6.33. The molecule has 1 fully saturated rings. The molecular formula is C19H23ClN4O6. The smallest absolute Gasteiger partial charge is 0.305 e. The van der Waals surface area contributed by atoms with Crippen molar-refractivity contribution < 1.29 is 29.1 Å². The highest BCUT2D eigenvalue weighted by Gasteiger charge is 2.37. The minimum Gasteiger partial charge on any atom is -0.481 e. The first kappa shape index (κ1) is 23.1. The zero-order valence-corrected chi connectivity index (χ0v) is 17.0. The number of carboxylic acid groups (broad SMARTS) is 1. The number of aliphatic carboxylic acids is 1. The van der Waals surface area contributed by atoms with Gasteiger partial charge in [0.15, 0.2) is 0 Å². The average Bonchev–Trinajstić information content (AvgIpc) is 3.18. The minimum absolute atomic E-state index is 0.227. The number of likely N-dealkylation sites (tertiary alicyclic amines) is 1. The van der Waals surface area contributed by atoms with Crippen molar-refractivity contribution in [2.45, 2.75) is 44.3 Å². The zero-order chi connectivity index (χ0) is 22.4. The molecule has 0 unspecified atom stereocenters. The van der Waals surface area contributed by atoms with Gasteiger partial charge in [0.05, 0.1) is 23.2 Å². The van der Waals surface area contributed by atoms with Crippen LogP contribution in [0.15, 0.2) is 18.2 Å². The number of amides is 3. The molecule has 1 saturated heterocycles. The van der Waals surface area contributed by atoms with Gasteiger partial charge in [-0.2, -0.15) is 0 Å². The Morgan fingerprint density at radius 1 is 1.33 bits per heavy atom. The first-order valence-corrected chi connectivity index (χ1v) is 9.65. The van der Waals surface area contributed by atoms with Crippen molar-refractivity contribution in [1.82, 2.24) is 15.5 Å². The predicted octanol–water partition coefficient (Wildman–Crippen LogP) is 0.190. The van der Waals surface area contributed by atoms with Crippen molar-refractivity contribution in [3.8, 4) is 0 Å². The number of carboxylic acids is 1. The van der Waals surface area contributed by atoms with Crippen LogP contribution in [0.3, 0.4) is 0 Å². The summed E-state index contributed by atoms with van der Waals surface area (Å²) in [6.07, 6.45) is 0.716. The van der Waals surface area contributed by atoms with Crippen LogP contribution in [0.25, 0.3) is 0 Å². The Morgan fingerprint density at radius 3 is 2.63 bits per heavy atom. The molecule has 0 saturated carbocycles. The minimum atomic E-state index is -1.23. The van der Waals surface area contributed by atoms with Crippen LogP contribution in [0.5, 0.6) is 0 Å². The molecule has 0 aromatic heterocycles. The molecule has 0 bridgehead atoms. The first-order valence-electron chi connectivity index (χ1n) is 9.27. The molecule has 0 aliphatic carbocycles. The molecule has 2 rings (SSSR count). The van der Waals surface area contributed by atoms with Gasteiger partial charge in [-0.3, -0.25) is 19.2 Å². The Hall–Kier alpha value is -3.14. The van der Waals surface area contributed by atoms with Gasteiger partial charge in [0.2, 0.25) is 11.8 Å². The van der Waals surface area contributed by atoms with Gasteiger partial charge in [-0.1, -0.05) is 11.6 Å². The number of hydrogen-bond donors (Lipinski definition) is 4. The van der Waals surface area contributed by atoms with E-state index in [4.69, 9.17) is 22.4 Å². The van der Waals surface area contributed by atoms with Gasteiger partial charge in [-0.05, 0) is 38.0 Å². The van der Waals surface area contributed by atoms with E-state index in [0.29, 0.717) is 30.7 Å². The number of nitrogen functional groups attached to an aromatic ring is 1. The molecule has 3 amide bonds. The fraction of sp³-hybridized carbons (Fsp3) is 0.421. The summed E-state index contributed by atoms with van der Waals surface area (Å²) in [6.45, 7) is 1.79. The summed E-state index contributed by atoms with van der Waals surface area (Å²) < 4.78 is 0. The molecular weight excluding hydrogens is 416 g/mol. The van der Waals surface area contributed by atoms with E-state index >= 15 is 0 Å². The molecule has 1 aromatic rings. The molecule has 0 radical (unpaired) electrons. The van der Waals surface area contributed by atoms with Crippen LogP contribution in [0.1, 0.15) is 36.5 Å². The number of anilines is 1. The second-order valence-electron chi connectivity index (χ2n) is 6.97. The van der Waals surface area contributed by atoms with Crippen molar-refractivity contribution in [3.63, 3.8) is 0 Å². The van der Waals surface area contributed by atoms with Crippen LogP contribution in [-0.4, -0.2) is 64.7 Å². The number of carbonyl (C=O) groups is 5. The van der Waals surface area contributed by atoms with Gasteiger partial charge in [-0.15, -0.1) is 0 Å². The normalized spacial score (nSPS) is 17.7. The third kappa shape index (κ3) is 5.69. The van der Waals surface area contributed by atoms with E-state index < -0.39 is 48.2 Å². The Kier molecular flexibility index (Phi) is 7.76. The van der Waals surface area contributed by atoms with E-state index in [1.54, 1.807) is 0 Å². The lowest BCUT2D eigenvalue weighted by Crippen LogP contribution is -2.54. The van der Waals surface area contributed by atoms with Crippen molar-refractivity contribution in [1.29, 1.82) is 0 Å². The van der Waals surface area contributed by atoms with Gasteiger partial charge in [0.1, 0.15) is 18.4 Å². The SMILES string of the molecule is C[C@H](NC(=O)c1ccc(Cl)c(N)c1)C(=O)N1CCC[C@H]1C(=O)N[C@H](C=O)CC(=O)O. The molecule has 1 heterocycles. The molecule has 30 heavy (non-hydrogen) atoms. The second-order valence-corrected chi connectivity index (χ2v) is 7.38. The fourth-order valence-electron chi connectivity index (χ4n) is 3.18. The van der Waals surface area contributed by atoms with E-state index in [9.17, 15) is 24.0 Å². The standard InChI is InChI=1S/C19H23ClN4O6/c1-10(22-17(28)11-4-5-13(20)14(21)7-11)19(30)24-6-2-3-15(24)18(29)23-12(9-25)8-16(26)27/h4-5,7,9-10,12,15H,2-3,6,8,21H2,1H3,(H,22,28)(H,23,29)(H,26,27)/t10-,12-,15-/m0/s1. The number of benzene rings is 1. The number of nitrogens with zero attached hydrogens (tertiary/aromatic N) is 1. The van der Waals surface area contributed by atoms with Crippen molar-refractivity contribution in [2.75, 3.05) is 12.3 Å². The van der Waals surface area contributed by atoms with Gasteiger partial charge < -0.3 is 31.2 Å². The summed E-state index contributed by atoms with van der Waals surface area (Å²) in [4.78, 5) is 60.7. The Bertz CT molecular complexity index is 861. The average molecular weight is 439 g/mol. The lowest BCUT2D eigenvalue weighted by Gasteiger charge is -2.27. The lowest BCUT2D eigenvalue weighted by atomic mass is 10.1.